The Morgan fingerprint density at radius 1 is 1.15 bits per heavy atom. The van der Waals surface area contributed by atoms with Crippen LogP contribution in [0.25, 0.3) is 0 Å². The van der Waals surface area contributed by atoms with E-state index in [2.05, 4.69) is 9.97 Å². The highest BCUT2D eigenvalue weighted by Crippen LogP contribution is 2.58. The summed E-state index contributed by atoms with van der Waals surface area (Å²) in [6.45, 7) is 0. The van der Waals surface area contributed by atoms with Crippen LogP contribution < -0.4 is 17.0 Å². The summed E-state index contributed by atoms with van der Waals surface area (Å²) < 4.78 is 0. The van der Waals surface area contributed by atoms with Gasteiger partial charge in [0.2, 0.25) is 0 Å². The first kappa shape index (κ1) is 12.4. The quantitative estimate of drug-likeness (QED) is 0.759. The van der Waals surface area contributed by atoms with E-state index in [0.717, 1.165) is 11.8 Å². The number of nitrogens with zero attached hydrogens (tertiary/aromatic N) is 1. The third-order valence-corrected chi connectivity index (χ3v) is 5.81. The van der Waals surface area contributed by atoms with Crippen molar-refractivity contribution in [3.8, 4) is 0 Å². The van der Waals surface area contributed by atoms with Gasteiger partial charge in [-0.2, -0.15) is 0 Å². The SMILES string of the molecule is Nc1cc(=O)[nH]c(C(N)C2C3CC4CC(C3)CC2C4)n1. The molecule has 5 rings (SSSR count). The highest BCUT2D eigenvalue weighted by Gasteiger charge is 2.50. The lowest BCUT2D eigenvalue weighted by molar-refractivity contribution is -0.0482. The number of anilines is 1. The molecule has 5 N–H and O–H groups in total. The Morgan fingerprint density at radius 3 is 2.30 bits per heavy atom. The van der Waals surface area contributed by atoms with Gasteiger partial charge in [0.25, 0.3) is 5.56 Å². The lowest BCUT2D eigenvalue weighted by atomic mass is 9.50. The van der Waals surface area contributed by atoms with Gasteiger partial charge in [0.15, 0.2) is 0 Å². The van der Waals surface area contributed by atoms with E-state index < -0.39 is 0 Å². The first-order valence-corrected chi connectivity index (χ1v) is 7.72. The van der Waals surface area contributed by atoms with Gasteiger partial charge in [-0.05, 0) is 61.7 Å². The molecule has 0 spiro atoms. The number of H-pyrrole nitrogens is 1. The third-order valence-electron chi connectivity index (χ3n) is 5.81. The number of aromatic nitrogens is 2. The van der Waals surface area contributed by atoms with Crippen molar-refractivity contribution < 1.29 is 0 Å². The fraction of sp³-hybridized carbons (Fsp3) is 0.733. The molecule has 1 aromatic heterocycles. The fourth-order valence-corrected chi connectivity index (χ4v) is 5.39. The van der Waals surface area contributed by atoms with Crippen molar-refractivity contribution in [1.29, 1.82) is 0 Å². The van der Waals surface area contributed by atoms with E-state index in [1.54, 1.807) is 0 Å². The monoisotopic (exact) mass is 274 g/mol. The topological polar surface area (TPSA) is 97.8 Å². The molecule has 4 saturated carbocycles. The minimum Gasteiger partial charge on any atom is -0.383 e. The van der Waals surface area contributed by atoms with Crippen LogP contribution in [0.1, 0.15) is 44.0 Å². The predicted molar refractivity (Wildman–Crippen MR) is 76.7 cm³/mol. The fourth-order valence-electron chi connectivity index (χ4n) is 5.39. The molecule has 0 radical (unpaired) electrons. The zero-order valence-electron chi connectivity index (χ0n) is 11.6. The van der Waals surface area contributed by atoms with Crippen molar-refractivity contribution in [1.82, 2.24) is 9.97 Å². The maximum atomic E-state index is 11.6. The Balaban J connectivity index is 1.65. The molecule has 0 aliphatic heterocycles. The summed E-state index contributed by atoms with van der Waals surface area (Å²) in [7, 11) is 0. The summed E-state index contributed by atoms with van der Waals surface area (Å²) in [5, 5.41) is 0. The number of nitrogen functional groups attached to an aromatic ring is 1. The van der Waals surface area contributed by atoms with Gasteiger partial charge in [0, 0.05) is 6.07 Å². The minimum absolute atomic E-state index is 0.179. The van der Waals surface area contributed by atoms with Crippen LogP contribution in [-0.2, 0) is 0 Å². The van der Waals surface area contributed by atoms with Crippen LogP contribution in [0.2, 0.25) is 0 Å². The van der Waals surface area contributed by atoms with Crippen LogP contribution >= 0.6 is 0 Å². The Hall–Kier alpha value is -1.36. The molecule has 4 fully saturated rings. The molecule has 0 saturated heterocycles. The molecule has 0 aromatic carbocycles. The maximum absolute atomic E-state index is 11.6. The van der Waals surface area contributed by atoms with Crippen molar-refractivity contribution in [2.75, 3.05) is 5.73 Å². The van der Waals surface area contributed by atoms with Crippen molar-refractivity contribution >= 4 is 5.82 Å². The first-order chi connectivity index (χ1) is 9.60. The van der Waals surface area contributed by atoms with E-state index in [9.17, 15) is 4.79 Å². The molecule has 5 nitrogen and oxygen atoms in total. The molecule has 108 valence electrons. The van der Waals surface area contributed by atoms with Gasteiger partial charge in [-0.3, -0.25) is 4.79 Å². The van der Waals surface area contributed by atoms with E-state index in [1.807, 2.05) is 0 Å². The van der Waals surface area contributed by atoms with E-state index in [0.29, 0.717) is 23.6 Å². The molecule has 4 bridgehead atoms. The number of nitrogens with one attached hydrogen (secondary N) is 1. The van der Waals surface area contributed by atoms with Gasteiger partial charge in [0.1, 0.15) is 11.6 Å². The van der Waals surface area contributed by atoms with Crippen LogP contribution in [0, 0.1) is 29.6 Å². The van der Waals surface area contributed by atoms with Gasteiger partial charge in [-0.1, -0.05) is 0 Å². The van der Waals surface area contributed by atoms with Crippen molar-refractivity contribution in [3.05, 3.63) is 22.2 Å². The van der Waals surface area contributed by atoms with E-state index in [-0.39, 0.29) is 17.4 Å². The maximum Gasteiger partial charge on any atom is 0.253 e. The second kappa shape index (κ2) is 4.32. The normalized spacial score (nSPS) is 40.0. The van der Waals surface area contributed by atoms with Crippen LogP contribution in [0.3, 0.4) is 0 Å². The summed E-state index contributed by atoms with van der Waals surface area (Å²) in [4.78, 5) is 18.6. The number of hydrogen-bond acceptors (Lipinski definition) is 4. The molecule has 4 aliphatic rings. The molecule has 1 aromatic rings. The Kier molecular flexibility index (Phi) is 2.67. The second-order valence-electron chi connectivity index (χ2n) is 7.09. The molecule has 1 atom stereocenters. The lowest BCUT2D eigenvalue weighted by Crippen LogP contribution is -2.49. The highest BCUT2D eigenvalue weighted by atomic mass is 16.1. The number of rotatable bonds is 2. The average molecular weight is 274 g/mol. The van der Waals surface area contributed by atoms with Crippen molar-refractivity contribution in [2.24, 2.45) is 35.3 Å². The van der Waals surface area contributed by atoms with Crippen molar-refractivity contribution in [3.63, 3.8) is 0 Å². The molecular weight excluding hydrogens is 252 g/mol. The molecule has 4 aliphatic carbocycles. The average Bonchev–Trinajstić information content (AvgIpc) is 2.35. The van der Waals surface area contributed by atoms with Crippen LogP contribution in [-0.4, -0.2) is 9.97 Å². The second-order valence-corrected chi connectivity index (χ2v) is 7.09. The van der Waals surface area contributed by atoms with Gasteiger partial charge in [0.05, 0.1) is 6.04 Å². The van der Waals surface area contributed by atoms with E-state index >= 15 is 0 Å². The Labute approximate surface area is 118 Å². The number of nitrogens with two attached hydrogens (primary N) is 2. The zero-order valence-corrected chi connectivity index (χ0v) is 11.6. The first-order valence-electron chi connectivity index (χ1n) is 7.72. The molecule has 0 amide bonds. The smallest absolute Gasteiger partial charge is 0.253 e. The lowest BCUT2D eigenvalue weighted by Gasteiger charge is -2.55. The van der Waals surface area contributed by atoms with Gasteiger partial charge >= 0.3 is 0 Å². The van der Waals surface area contributed by atoms with E-state index in [1.165, 1.54) is 38.2 Å². The molecular formula is C15H22N4O. The van der Waals surface area contributed by atoms with Crippen molar-refractivity contribution in [2.45, 2.75) is 38.1 Å². The minimum atomic E-state index is -0.202. The number of hydrogen-bond donors (Lipinski definition) is 3. The van der Waals surface area contributed by atoms with Gasteiger partial charge in [-0.25, -0.2) is 4.98 Å². The highest BCUT2D eigenvalue weighted by molar-refractivity contribution is 5.26. The molecule has 5 heteroatoms. The zero-order chi connectivity index (χ0) is 13.9. The van der Waals surface area contributed by atoms with Crippen LogP contribution in [0.15, 0.2) is 10.9 Å². The van der Waals surface area contributed by atoms with Gasteiger partial charge in [-0.15, -0.1) is 0 Å². The predicted octanol–water partition coefficient (Wildman–Crippen LogP) is 1.42. The Morgan fingerprint density at radius 2 is 1.75 bits per heavy atom. The molecule has 1 unspecified atom stereocenters. The summed E-state index contributed by atoms with van der Waals surface area (Å²) in [6, 6.07) is 1.13. The van der Waals surface area contributed by atoms with Gasteiger partial charge < -0.3 is 16.5 Å². The number of aromatic amines is 1. The summed E-state index contributed by atoms with van der Waals surface area (Å²) in [5.41, 5.74) is 12.0. The molecule has 1 heterocycles. The van der Waals surface area contributed by atoms with Crippen LogP contribution in [0.5, 0.6) is 0 Å². The Bertz CT molecular complexity index is 553. The summed E-state index contributed by atoms with van der Waals surface area (Å²) >= 11 is 0. The standard InChI is InChI=1S/C15H22N4O/c16-11-6-12(20)19-15(18-11)14(17)13-9-2-7-1-8(4-9)5-10(13)3-7/h6-10,13-14H,1-5,17H2,(H3,16,18,19,20). The largest absolute Gasteiger partial charge is 0.383 e. The summed E-state index contributed by atoms with van der Waals surface area (Å²) in [5.74, 6) is 4.59. The van der Waals surface area contributed by atoms with Crippen LogP contribution in [0.4, 0.5) is 5.82 Å². The summed E-state index contributed by atoms with van der Waals surface area (Å²) in [6.07, 6.45) is 6.70. The molecule has 20 heavy (non-hydrogen) atoms. The van der Waals surface area contributed by atoms with E-state index in [4.69, 9.17) is 11.5 Å². The third kappa shape index (κ3) is 1.87.